The van der Waals surface area contributed by atoms with Crippen molar-refractivity contribution in [1.82, 2.24) is 9.97 Å². The minimum absolute atomic E-state index is 0.0299. The highest BCUT2D eigenvalue weighted by atomic mass is 36.0. The molecule has 2 aliphatic heterocycles. The van der Waals surface area contributed by atoms with Crippen LogP contribution < -0.4 is 0 Å². The lowest BCUT2D eigenvalue weighted by Crippen LogP contribution is -2.10. The van der Waals surface area contributed by atoms with E-state index < -0.39 is 21.2 Å². The fourth-order valence-corrected chi connectivity index (χ4v) is 3.11. The highest BCUT2D eigenvalue weighted by Gasteiger charge is 2.20. The molecule has 0 aliphatic carbocycles. The molecule has 0 spiro atoms. The van der Waals surface area contributed by atoms with Gasteiger partial charge >= 0.3 is 17.9 Å². The van der Waals surface area contributed by atoms with Gasteiger partial charge in [0.25, 0.3) is 0 Å². The number of hydrogen-bond acceptors (Lipinski definition) is 10. The van der Waals surface area contributed by atoms with Gasteiger partial charge in [0, 0.05) is 64.6 Å². The van der Waals surface area contributed by atoms with Crippen molar-refractivity contribution in [1.29, 1.82) is 0 Å². The first kappa shape index (κ1) is 32.1. The highest BCUT2D eigenvalue weighted by Crippen LogP contribution is 2.18. The van der Waals surface area contributed by atoms with Crippen LogP contribution in [0.25, 0.3) is 0 Å². The molecular formula is C25H22Cl2N4O8S. The van der Waals surface area contributed by atoms with E-state index in [1.165, 1.54) is 43.9 Å². The molecule has 12 nitrogen and oxygen atoms in total. The van der Waals surface area contributed by atoms with Gasteiger partial charge in [-0.25, -0.2) is 18.6 Å². The van der Waals surface area contributed by atoms with Crippen molar-refractivity contribution in [3.05, 3.63) is 82.7 Å². The van der Waals surface area contributed by atoms with Crippen molar-refractivity contribution in [2.24, 2.45) is 9.98 Å². The summed E-state index contributed by atoms with van der Waals surface area (Å²) in [6.07, 6.45) is 6.14. The van der Waals surface area contributed by atoms with Gasteiger partial charge in [-0.3, -0.25) is 24.7 Å². The maximum atomic E-state index is 11.5. The van der Waals surface area contributed by atoms with E-state index >= 15 is 0 Å². The number of Topliss-reactive ketones (excluding diaryl/α,β-unsaturated/α-hetero) is 1. The SMILES string of the molecule is CCOC(=O)C1=CN=C(c2ccc(C(C)=O)cn2)C1.O=C(O)C1=CN=C(c2ccc(C(=O)O)cn2)C1.O=S(Cl)Cl. The zero-order valence-corrected chi connectivity index (χ0v) is 23.4. The third kappa shape index (κ3) is 9.91. The Bertz CT molecular complexity index is 1430. The van der Waals surface area contributed by atoms with Gasteiger partial charge in [0.1, 0.15) is 0 Å². The van der Waals surface area contributed by atoms with Gasteiger partial charge in [-0.1, -0.05) is 0 Å². The number of ether oxygens (including phenoxy) is 1. The predicted octanol–water partition coefficient (Wildman–Crippen LogP) is 3.91. The number of carbonyl (C=O) groups is 4. The van der Waals surface area contributed by atoms with Crippen LogP contribution in [0, 0.1) is 0 Å². The van der Waals surface area contributed by atoms with Crippen molar-refractivity contribution in [3.63, 3.8) is 0 Å². The number of hydrogen-bond donors (Lipinski definition) is 2. The molecule has 4 rings (SSSR count). The lowest BCUT2D eigenvalue weighted by atomic mass is 10.1. The van der Waals surface area contributed by atoms with Crippen LogP contribution >= 0.6 is 21.4 Å². The van der Waals surface area contributed by atoms with E-state index in [4.69, 9.17) is 19.2 Å². The molecule has 0 unspecified atom stereocenters. The topological polar surface area (TPSA) is 186 Å². The van der Waals surface area contributed by atoms with Gasteiger partial charge in [-0.2, -0.15) is 0 Å². The van der Waals surface area contributed by atoms with Crippen LogP contribution in [0.1, 0.15) is 58.8 Å². The number of pyridine rings is 2. The van der Waals surface area contributed by atoms with Gasteiger partial charge in [-0.15, -0.1) is 0 Å². The first-order valence-corrected chi connectivity index (χ1v) is 14.1. The molecule has 0 amide bonds. The Labute approximate surface area is 239 Å². The second kappa shape index (κ2) is 15.5. The summed E-state index contributed by atoms with van der Waals surface area (Å²) in [5.74, 6) is -2.44. The van der Waals surface area contributed by atoms with Crippen LogP contribution in [0.15, 0.2) is 70.2 Å². The molecular weight excluding hydrogens is 587 g/mol. The van der Waals surface area contributed by atoms with E-state index in [1.807, 2.05) is 0 Å². The molecule has 0 radical (unpaired) electrons. The van der Waals surface area contributed by atoms with E-state index in [1.54, 1.807) is 19.1 Å². The monoisotopic (exact) mass is 608 g/mol. The standard InChI is InChI=1S/C14H14N2O3.C11H8N2O4.Cl2OS/c1-3-19-14(18)11-6-13(16-8-11)12-5-4-10(7-15-12)9(2)17;14-10(15)6-1-2-8(12-4-6)9-3-7(5-13-9)11(16)17;1-4(2)3/h4-5,7-8H,3,6H2,1-2H3;1-2,4-5H,3H2,(H,14,15)(H,16,17);. The summed E-state index contributed by atoms with van der Waals surface area (Å²) in [7, 11) is 7.36. The first-order valence-electron chi connectivity index (χ1n) is 11.3. The average Bonchev–Trinajstić information content (AvgIpc) is 3.60. The third-order valence-corrected chi connectivity index (χ3v) is 5.05. The number of carboxylic acid groups (broad SMARTS) is 2. The van der Waals surface area contributed by atoms with E-state index in [0.717, 1.165) is 0 Å². The normalized spacial score (nSPS) is 13.4. The average molecular weight is 609 g/mol. The molecule has 0 fully saturated rings. The van der Waals surface area contributed by atoms with Gasteiger partial charge in [0.15, 0.2) is 5.78 Å². The molecule has 0 saturated heterocycles. The Morgan fingerprint density at radius 3 is 1.70 bits per heavy atom. The van der Waals surface area contributed by atoms with E-state index in [-0.39, 0.29) is 29.3 Å². The molecule has 0 saturated carbocycles. The smallest absolute Gasteiger partial charge is 0.337 e. The van der Waals surface area contributed by atoms with Crippen LogP contribution in [0.5, 0.6) is 0 Å². The lowest BCUT2D eigenvalue weighted by Gasteiger charge is -2.03. The molecule has 4 heterocycles. The number of carbonyl (C=O) groups excluding carboxylic acids is 2. The molecule has 0 atom stereocenters. The van der Waals surface area contributed by atoms with Crippen LogP contribution in [0.4, 0.5) is 0 Å². The first-order chi connectivity index (χ1) is 18.9. The van der Waals surface area contributed by atoms with Crippen LogP contribution in [0.2, 0.25) is 0 Å². The predicted molar refractivity (Wildman–Crippen MR) is 148 cm³/mol. The van der Waals surface area contributed by atoms with Crippen molar-refractivity contribution in [2.45, 2.75) is 26.7 Å². The number of halogens is 2. The summed E-state index contributed by atoms with van der Waals surface area (Å²) < 4.78 is 14.0. The number of aliphatic carboxylic acids is 1. The van der Waals surface area contributed by atoms with Crippen molar-refractivity contribution >= 4 is 65.7 Å². The summed E-state index contributed by atoms with van der Waals surface area (Å²) >= 11 is 0. The minimum Gasteiger partial charge on any atom is -0.478 e. The summed E-state index contributed by atoms with van der Waals surface area (Å²) in [5, 5.41) is 17.5. The third-order valence-electron chi connectivity index (χ3n) is 5.05. The largest absolute Gasteiger partial charge is 0.478 e. The number of carboxylic acids is 2. The van der Waals surface area contributed by atoms with E-state index in [0.29, 0.717) is 47.0 Å². The van der Waals surface area contributed by atoms with Gasteiger partial charge in [-0.05, 0) is 38.1 Å². The Hall–Kier alpha value is -4.07. The number of nitrogens with zero attached hydrogens (tertiary/aromatic N) is 4. The van der Waals surface area contributed by atoms with Crippen LogP contribution in [-0.2, 0) is 23.6 Å². The quantitative estimate of drug-likeness (QED) is 0.265. The fourth-order valence-electron chi connectivity index (χ4n) is 3.11. The Morgan fingerprint density at radius 2 is 1.32 bits per heavy atom. The Kier molecular flexibility index (Phi) is 12.5. The molecule has 0 aromatic carbocycles. The molecule has 210 valence electrons. The number of esters is 1. The maximum absolute atomic E-state index is 11.5. The molecule has 15 heteroatoms. The van der Waals surface area contributed by atoms with E-state index in [9.17, 15) is 19.2 Å². The lowest BCUT2D eigenvalue weighted by molar-refractivity contribution is -0.138. The number of rotatable bonds is 7. The van der Waals surface area contributed by atoms with Gasteiger partial charge in [0.05, 0.1) is 46.1 Å². The van der Waals surface area contributed by atoms with Crippen LogP contribution in [-0.4, -0.2) is 66.1 Å². The molecule has 2 aromatic heterocycles. The van der Waals surface area contributed by atoms with Crippen molar-refractivity contribution in [2.75, 3.05) is 6.61 Å². The van der Waals surface area contributed by atoms with Crippen LogP contribution in [0.3, 0.4) is 0 Å². The molecule has 2 N–H and O–H groups in total. The zero-order chi connectivity index (χ0) is 29.8. The molecule has 0 bridgehead atoms. The van der Waals surface area contributed by atoms with Gasteiger partial charge in [0.2, 0.25) is 9.23 Å². The summed E-state index contributed by atoms with van der Waals surface area (Å²) in [4.78, 5) is 60.2. The highest BCUT2D eigenvalue weighted by molar-refractivity contribution is 8.26. The zero-order valence-electron chi connectivity index (χ0n) is 21.0. The minimum atomic E-state index is -1.67. The van der Waals surface area contributed by atoms with E-state index in [2.05, 4.69) is 41.3 Å². The fraction of sp³-hybridized carbons (Fsp3) is 0.200. The van der Waals surface area contributed by atoms with Crippen molar-refractivity contribution in [3.8, 4) is 0 Å². The second-order valence-corrected chi connectivity index (χ2v) is 10.3. The molecule has 2 aromatic rings. The van der Waals surface area contributed by atoms with Crippen molar-refractivity contribution < 1.29 is 38.3 Å². The second-order valence-electron chi connectivity index (χ2n) is 7.75. The number of aliphatic imine (C=N–C) groups is 2. The number of aromatic carboxylic acids is 1. The molecule has 40 heavy (non-hydrogen) atoms. The summed E-state index contributed by atoms with van der Waals surface area (Å²) in [5.41, 5.74) is 3.75. The maximum Gasteiger partial charge on any atom is 0.337 e. The number of aromatic nitrogens is 2. The Morgan fingerprint density at radius 1 is 0.850 bits per heavy atom. The molecule has 2 aliphatic rings. The van der Waals surface area contributed by atoms with Gasteiger partial charge < -0.3 is 14.9 Å². The Balaban J connectivity index is 0.000000249. The summed E-state index contributed by atoms with van der Waals surface area (Å²) in [6.45, 7) is 3.60. The summed E-state index contributed by atoms with van der Waals surface area (Å²) in [6, 6.07) is 6.36. The number of ketones is 1.